The van der Waals surface area contributed by atoms with Crippen LogP contribution in [0.3, 0.4) is 0 Å². The average molecular weight is 301 g/mol. The molecule has 0 unspecified atom stereocenters. The first-order valence-electron chi connectivity index (χ1n) is 6.56. The standard InChI is InChI=1S/C15H15N3O2S/c1-9-4-5-21-13(9)8-18(3)15(19)11-6-12-10(2)17-20-14(12)16-7-11/h4-7H,8H2,1-3H3. The largest absolute Gasteiger partial charge is 0.337 e. The topological polar surface area (TPSA) is 59.2 Å². The molecule has 3 heterocycles. The van der Waals surface area contributed by atoms with Gasteiger partial charge in [0.15, 0.2) is 0 Å². The number of aromatic nitrogens is 2. The molecule has 108 valence electrons. The molecule has 0 aliphatic heterocycles. The van der Waals surface area contributed by atoms with Gasteiger partial charge in [0.05, 0.1) is 23.2 Å². The van der Waals surface area contributed by atoms with Crippen LogP contribution in [-0.2, 0) is 6.54 Å². The van der Waals surface area contributed by atoms with Crippen molar-refractivity contribution in [2.45, 2.75) is 20.4 Å². The summed E-state index contributed by atoms with van der Waals surface area (Å²) < 4.78 is 5.06. The number of aryl methyl sites for hydroxylation is 2. The molecule has 0 saturated heterocycles. The summed E-state index contributed by atoms with van der Waals surface area (Å²) in [7, 11) is 1.80. The van der Waals surface area contributed by atoms with E-state index >= 15 is 0 Å². The second kappa shape index (κ2) is 5.29. The number of carbonyl (C=O) groups excluding carboxylic acids is 1. The van der Waals surface area contributed by atoms with Crippen LogP contribution in [0.25, 0.3) is 11.1 Å². The summed E-state index contributed by atoms with van der Waals surface area (Å²) in [4.78, 5) is 19.5. The maximum Gasteiger partial charge on any atom is 0.257 e. The smallest absolute Gasteiger partial charge is 0.257 e. The van der Waals surface area contributed by atoms with Gasteiger partial charge in [-0.25, -0.2) is 4.98 Å². The van der Waals surface area contributed by atoms with Gasteiger partial charge in [0.2, 0.25) is 0 Å². The predicted octanol–water partition coefficient (Wildman–Crippen LogP) is 3.17. The van der Waals surface area contributed by atoms with Crippen molar-refractivity contribution in [2.75, 3.05) is 7.05 Å². The molecule has 0 N–H and O–H groups in total. The number of nitrogens with zero attached hydrogens (tertiary/aromatic N) is 3. The number of carbonyl (C=O) groups is 1. The highest BCUT2D eigenvalue weighted by molar-refractivity contribution is 7.10. The molecule has 0 aromatic carbocycles. The van der Waals surface area contributed by atoms with Crippen LogP contribution >= 0.6 is 11.3 Å². The molecule has 0 aliphatic rings. The van der Waals surface area contributed by atoms with Crippen LogP contribution < -0.4 is 0 Å². The lowest BCUT2D eigenvalue weighted by Gasteiger charge is -2.16. The molecule has 5 nitrogen and oxygen atoms in total. The highest BCUT2D eigenvalue weighted by Crippen LogP contribution is 2.20. The number of hydrogen-bond acceptors (Lipinski definition) is 5. The summed E-state index contributed by atoms with van der Waals surface area (Å²) in [6.07, 6.45) is 1.53. The van der Waals surface area contributed by atoms with Crippen LogP contribution in [0.4, 0.5) is 0 Å². The SMILES string of the molecule is Cc1ccsc1CN(C)C(=O)c1cnc2onc(C)c2c1. The van der Waals surface area contributed by atoms with Crippen molar-refractivity contribution in [2.24, 2.45) is 0 Å². The van der Waals surface area contributed by atoms with E-state index in [1.807, 2.05) is 12.3 Å². The third-order valence-corrected chi connectivity index (χ3v) is 4.46. The third kappa shape index (κ3) is 2.54. The molecule has 0 spiro atoms. The number of rotatable bonds is 3. The van der Waals surface area contributed by atoms with Crippen molar-refractivity contribution < 1.29 is 9.32 Å². The molecule has 21 heavy (non-hydrogen) atoms. The van der Waals surface area contributed by atoms with Gasteiger partial charge in [-0.05, 0) is 36.9 Å². The second-order valence-corrected chi connectivity index (χ2v) is 6.03. The van der Waals surface area contributed by atoms with E-state index in [4.69, 9.17) is 4.52 Å². The summed E-state index contributed by atoms with van der Waals surface area (Å²) in [6, 6.07) is 3.85. The Balaban J connectivity index is 1.85. The molecule has 3 aromatic heterocycles. The molecule has 0 atom stereocenters. The van der Waals surface area contributed by atoms with E-state index in [1.165, 1.54) is 16.6 Å². The molecule has 3 rings (SSSR count). The summed E-state index contributed by atoms with van der Waals surface area (Å²) >= 11 is 1.66. The molecule has 0 radical (unpaired) electrons. The van der Waals surface area contributed by atoms with Crippen molar-refractivity contribution in [1.82, 2.24) is 15.0 Å². The van der Waals surface area contributed by atoms with Gasteiger partial charge in [-0.2, -0.15) is 0 Å². The van der Waals surface area contributed by atoms with Crippen LogP contribution in [0.2, 0.25) is 0 Å². The molecular formula is C15H15N3O2S. The minimum absolute atomic E-state index is 0.0576. The van der Waals surface area contributed by atoms with E-state index in [9.17, 15) is 4.79 Å². The summed E-state index contributed by atoms with van der Waals surface area (Å²) in [5.74, 6) is -0.0576. The maximum atomic E-state index is 12.5. The van der Waals surface area contributed by atoms with E-state index in [0.29, 0.717) is 17.8 Å². The Morgan fingerprint density at radius 2 is 2.24 bits per heavy atom. The number of amides is 1. The molecule has 0 saturated carbocycles. The van der Waals surface area contributed by atoms with E-state index in [1.54, 1.807) is 29.4 Å². The van der Waals surface area contributed by atoms with Crippen molar-refractivity contribution in [3.05, 3.63) is 45.4 Å². The quantitative estimate of drug-likeness (QED) is 0.745. The second-order valence-electron chi connectivity index (χ2n) is 5.03. The van der Waals surface area contributed by atoms with Crippen molar-refractivity contribution in [3.63, 3.8) is 0 Å². The van der Waals surface area contributed by atoms with Crippen LogP contribution in [0.5, 0.6) is 0 Å². The van der Waals surface area contributed by atoms with E-state index < -0.39 is 0 Å². The Kier molecular flexibility index (Phi) is 3.47. The van der Waals surface area contributed by atoms with Crippen LogP contribution in [-0.4, -0.2) is 28.0 Å². The van der Waals surface area contributed by atoms with Crippen LogP contribution in [0.15, 0.2) is 28.2 Å². The van der Waals surface area contributed by atoms with Gasteiger partial charge in [-0.15, -0.1) is 11.3 Å². The van der Waals surface area contributed by atoms with Gasteiger partial charge in [0.1, 0.15) is 0 Å². The monoisotopic (exact) mass is 301 g/mol. The molecule has 3 aromatic rings. The lowest BCUT2D eigenvalue weighted by Crippen LogP contribution is -2.26. The fourth-order valence-electron chi connectivity index (χ4n) is 2.14. The van der Waals surface area contributed by atoms with Gasteiger partial charge in [-0.3, -0.25) is 4.79 Å². The minimum atomic E-state index is -0.0576. The fraction of sp³-hybridized carbons (Fsp3) is 0.267. The van der Waals surface area contributed by atoms with Crippen LogP contribution in [0.1, 0.15) is 26.5 Å². The number of hydrogen-bond donors (Lipinski definition) is 0. The summed E-state index contributed by atoms with van der Waals surface area (Å²) in [5.41, 5.74) is 2.96. The minimum Gasteiger partial charge on any atom is -0.337 e. The van der Waals surface area contributed by atoms with Crippen molar-refractivity contribution in [3.8, 4) is 0 Å². The highest BCUT2D eigenvalue weighted by Gasteiger charge is 2.16. The van der Waals surface area contributed by atoms with Gasteiger partial charge < -0.3 is 9.42 Å². The molecule has 0 bridgehead atoms. The Morgan fingerprint density at radius 3 is 2.95 bits per heavy atom. The zero-order valence-electron chi connectivity index (χ0n) is 12.1. The van der Waals surface area contributed by atoms with Crippen molar-refractivity contribution >= 4 is 28.3 Å². The lowest BCUT2D eigenvalue weighted by molar-refractivity contribution is 0.0786. The van der Waals surface area contributed by atoms with Gasteiger partial charge in [0, 0.05) is 18.1 Å². The Bertz CT molecular complexity index is 806. The predicted molar refractivity (Wildman–Crippen MR) is 81.4 cm³/mol. The highest BCUT2D eigenvalue weighted by atomic mass is 32.1. The summed E-state index contributed by atoms with van der Waals surface area (Å²) in [5, 5.41) is 6.67. The van der Waals surface area contributed by atoms with Gasteiger partial charge >= 0.3 is 0 Å². The summed E-state index contributed by atoms with van der Waals surface area (Å²) in [6.45, 7) is 4.49. The molecule has 1 amide bonds. The normalized spacial score (nSPS) is 11.0. The molecular weight excluding hydrogens is 286 g/mol. The third-order valence-electron chi connectivity index (χ3n) is 3.45. The van der Waals surface area contributed by atoms with Crippen LogP contribution in [0, 0.1) is 13.8 Å². The number of fused-ring (bicyclic) bond motifs is 1. The zero-order valence-corrected chi connectivity index (χ0v) is 12.9. The molecule has 6 heteroatoms. The fourth-order valence-corrected chi connectivity index (χ4v) is 3.09. The van der Waals surface area contributed by atoms with Crippen molar-refractivity contribution in [1.29, 1.82) is 0 Å². The average Bonchev–Trinajstić information content (AvgIpc) is 3.05. The van der Waals surface area contributed by atoms with E-state index in [2.05, 4.69) is 23.1 Å². The molecule has 0 fully saturated rings. The lowest BCUT2D eigenvalue weighted by atomic mass is 10.2. The van der Waals surface area contributed by atoms with E-state index in [-0.39, 0.29) is 5.91 Å². The van der Waals surface area contributed by atoms with Gasteiger partial charge in [-0.1, -0.05) is 5.16 Å². The number of thiophene rings is 1. The Morgan fingerprint density at radius 1 is 1.43 bits per heavy atom. The van der Waals surface area contributed by atoms with Gasteiger partial charge in [0.25, 0.3) is 11.6 Å². The zero-order chi connectivity index (χ0) is 15.0. The first-order chi connectivity index (χ1) is 10.1. The first-order valence-corrected chi connectivity index (χ1v) is 7.44. The first kappa shape index (κ1) is 13.8. The molecule has 0 aliphatic carbocycles. The number of pyridine rings is 1. The Labute approximate surface area is 126 Å². The van der Waals surface area contributed by atoms with E-state index in [0.717, 1.165) is 11.1 Å². The Hall–Kier alpha value is -2.21. The maximum absolute atomic E-state index is 12.5.